The first-order valence-corrected chi connectivity index (χ1v) is 11.6. The van der Waals surface area contributed by atoms with Crippen LogP contribution in [0.3, 0.4) is 0 Å². The lowest BCUT2D eigenvalue weighted by atomic mass is 9.93. The summed E-state index contributed by atoms with van der Waals surface area (Å²) in [6.45, 7) is 0.176. The summed E-state index contributed by atoms with van der Waals surface area (Å²) in [5.41, 5.74) is 1.57. The van der Waals surface area contributed by atoms with Crippen LogP contribution in [-0.4, -0.2) is 61.0 Å². The number of rotatable bonds is 3. The molecule has 1 saturated heterocycles. The van der Waals surface area contributed by atoms with Crippen LogP contribution in [0.5, 0.6) is 0 Å². The van der Waals surface area contributed by atoms with E-state index in [1.165, 1.54) is 32.9 Å². The van der Waals surface area contributed by atoms with Crippen LogP contribution in [0.2, 0.25) is 5.02 Å². The quantitative estimate of drug-likeness (QED) is 0.803. The number of aromatic nitrogens is 2. The molecule has 2 atom stereocenters. The Kier molecular flexibility index (Phi) is 4.16. The maximum Gasteiger partial charge on any atom is 0.243 e. The Bertz CT molecular complexity index is 1050. The molecule has 0 saturated carbocycles. The van der Waals surface area contributed by atoms with Crippen molar-refractivity contribution < 1.29 is 16.8 Å². The van der Waals surface area contributed by atoms with E-state index in [0.29, 0.717) is 17.0 Å². The third-order valence-corrected chi connectivity index (χ3v) is 8.33. The highest BCUT2D eigenvalue weighted by Crippen LogP contribution is 2.40. The highest BCUT2D eigenvalue weighted by atomic mass is 35.5. The predicted molar refractivity (Wildman–Crippen MR) is 95.7 cm³/mol. The molecule has 1 fully saturated rings. The van der Waals surface area contributed by atoms with Crippen molar-refractivity contribution in [3.05, 3.63) is 46.7 Å². The Morgan fingerprint density at radius 1 is 1.15 bits per heavy atom. The fraction of sp³-hybridized carbons (Fsp3) is 0.400. The standard InChI is InChI=1S/C15H17ClN4O4S2/c1-25(21,22)19-8-11-6-14-13(7-17-18-14)15(9-19)20(11)26(23,24)12-4-2-10(16)3-5-12/h2-5,7,11,15H,6,8-9H2,1H3,(H,17,18). The molecule has 26 heavy (non-hydrogen) atoms. The van der Waals surface area contributed by atoms with Crippen molar-refractivity contribution in [2.24, 2.45) is 0 Å². The summed E-state index contributed by atoms with van der Waals surface area (Å²) >= 11 is 5.87. The van der Waals surface area contributed by atoms with Gasteiger partial charge in [0.1, 0.15) is 0 Å². The average Bonchev–Trinajstić information content (AvgIpc) is 3.01. The summed E-state index contributed by atoms with van der Waals surface area (Å²) in [5, 5.41) is 7.37. The van der Waals surface area contributed by atoms with E-state index < -0.39 is 32.1 Å². The Hall–Kier alpha value is -1.46. The number of aromatic amines is 1. The smallest absolute Gasteiger partial charge is 0.243 e. The van der Waals surface area contributed by atoms with Gasteiger partial charge in [-0.15, -0.1) is 0 Å². The average molecular weight is 417 g/mol. The van der Waals surface area contributed by atoms with Gasteiger partial charge in [-0.25, -0.2) is 16.8 Å². The maximum atomic E-state index is 13.3. The van der Waals surface area contributed by atoms with Crippen molar-refractivity contribution in [3.63, 3.8) is 0 Å². The second kappa shape index (κ2) is 6.03. The molecule has 0 spiro atoms. The highest BCUT2D eigenvalue weighted by molar-refractivity contribution is 7.89. The molecule has 0 radical (unpaired) electrons. The second-order valence-corrected chi connectivity index (χ2v) is 10.8. The lowest BCUT2D eigenvalue weighted by Crippen LogP contribution is -2.60. The van der Waals surface area contributed by atoms with Gasteiger partial charge in [-0.05, 0) is 24.3 Å². The number of fused-ring (bicyclic) bond motifs is 4. The van der Waals surface area contributed by atoms with Crippen molar-refractivity contribution in [2.45, 2.75) is 23.4 Å². The summed E-state index contributed by atoms with van der Waals surface area (Å²) in [6.07, 6.45) is 3.10. The zero-order valence-corrected chi connectivity index (χ0v) is 16.2. The van der Waals surface area contributed by atoms with Gasteiger partial charge >= 0.3 is 0 Å². The van der Waals surface area contributed by atoms with Crippen LogP contribution >= 0.6 is 11.6 Å². The summed E-state index contributed by atoms with van der Waals surface area (Å²) < 4.78 is 53.4. The van der Waals surface area contributed by atoms with Crippen molar-refractivity contribution >= 4 is 31.6 Å². The zero-order valence-electron chi connectivity index (χ0n) is 13.8. The highest BCUT2D eigenvalue weighted by Gasteiger charge is 2.49. The fourth-order valence-corrected chi connectivity index (χ4v) is 6.43. The van der Waals surface area contributed by atoms with Gasteiger partial charge in [0.25, 0.3) is 0 Å². The van der Waals surface area contributed by atoms with Crippen LogP contribution < -0.4 is 0 Å². The lowest BCUT2D eigenvalue weighted by molar-refractivity contribution is 0.125. The number of nitrogens with zero attached hydrogens (tertiary/aromatic N) is 3. The predicted octanol–water partition coefficient (Wildman–Crippen LogP) is 0.995. The van der Waals surface area contributed by atoms with E-state index in [9.17, 15) is 16.8 Å². The minimum Gasteiger partial charge on any atom is -0.282 e. The normalized spacial score (nSPS) is 24.4. The zero-order chi connectivity index (χ0) is 18.7. The topological polar surface area (TPSA) is 103 Å². The van der Waals surface area contributed by atoms with Crippen molar-refractivity contribution in [2.75, 3.05) is 19.3 Å². The molecular weight excluding hydrogens is 400 g/mol. The van der Waals surface area contributed by atoms with Crippen molar-refractivity contribution in [1.82, 2.24) is 18.8 Å². The van der Waals surface area contributed by atoms with E-state index in [1.54, 1.807) is 6.20 Å². The number of sulfonamides is 2. The summed E-state index contributed by atoms with van der Waals surface area (Å²) in [4.78, 5) is 0.136. The van der Waals surface area contributed by atoms with E-state index in [4.69, 9.17) is 11.6 Å². The van der Waals surface area contributed by atoms with Gasteiger partial charge in [-0.3, -0.25) is 5.10 Å². The fourth-order valence-electron chi connectivity index (χ4n) is 3.68. The molecule has 4 rings (SSSR count). The maximum absolute atomic E-state index is 13.3. The SMILES string of the molecule is CS(=O)(=O)N1CC2Cc3[nH]ncc3C(C1)N2S(=O)(=O)c1ccc(Cl)cc1. The molecule has 0 aliphatic carbocycles. The van der Waals surface area contributed by atoms with E-state index in [1.807, 2.05) is 0 Å². The van der Waals surface area contributed by atoms with Gasteiger partial charge in [-0.2, -0.15) is 13.7 Å². The molecule has 140 valence electrons. The van der Waals surface area contributed by atoms with Gasteiger partial charge in [0.05, 0.1) is 23.4 Å². The van der Waals surface area contributed by atoms with Crippen LogP contribution in [0.1, 0.15) is 17.3 Å². The van der Waals surface area contributed by atoms with Gasteiger partial charge in [0.15, 0.2) is 0 Å². The molecule has 1 N–H and O–H groups in total. The molecule has 11 heteroatoms. The number of piperazine rings is 1. The number of hydrogen-bond donors (Lipinski definition) is 1. The Morgan fingerprint density at radius 2 is 1.85 bits per heavy atom. The Labute approximate surface area is 156 Å². The lowest BCUT2D eigenvalue weighted by Gasteiger charge is -2.47. The van der Waals surface area contributed by atoms with Crippen LogP contribution in [0.15, 0.2) is 35.4 Å². The minimum absolute atomic E-state index is 0.0642. The molecule has 2 bridgehead atoms. The van der Waals surface area contributed by atoms with E-state index in [0.717, 1.165) is 11.9 Å². The third-order valence-electron chi connectivity index (χ3n) is 4.87. The molecule has 2 aliphatic rings. The van der Waals surface area contributed by atoms with E-state index in [-0.39, 0.29) is 18.0 Å². The molecule has 1 aromatic carbocycles. The number of nitrogens with one attached hydrogen (secondary N) is 1. The van der Waals surface area contributed by atoms with Gasteiger partial charge in [0.2, 0.25) is 20.0 Å². The van der Waals surface area contributed by atoms with Crippen molar-refractivity contribution in [3.8, 4) is 0 Å². The van der Waals surface area contributed by atoms with E-state index in [2.05, 4.69) is 10.2 Å². The summed E-state index contributed by atoms with van der Waals surface area (Å²) in [6, 6.07) is 4.86. The van der Waals surface area contributed by atoms with Gasteiger partial charge in [0, 0.05) is 41.8 Å². The van der Waals surface area contributed by atoms with Crippen molar-refractivity contribution in [1.29, 1.82) is 0 Å². The van der Waals surface area contributed by atoms with Crippen LogP contribution in [0, 0.1) is 0 Å². The molecular formula is C15H17ClN4O4S2. The molecule has 8 nitrogen and oxygen atoms in total. The van der Waals surface area contributed by atoms with Crippen LogP contribution in [0.4, 0.5) is 0 Å². The monoisotopic (exact) mass is 416 g/mol. The molecule has 1 aromatic heterocycles. The van der Waals surface area contributed by atoms with Gasteiger partial charge < -0.3 is 0 Å². The first-order valence-electron chi connectivity index (χ1n) is 7.94. The first-order chi connectivity index (χ1) is 12.2. The van der Waals surface area contributed by atoms with E-state index >= 15 is 0 Å². The van der Waals surface area contributed by atoms with Crippen LogP contribution in [-0.2, 0) is 26.5 Å². The molecule has 2 aromatic rings. The number of halogens is 1. The van der Waals surface area contributed by atoms with Gasteiger partial charge in [-0.1, -0.05) is 11.6 Å². The molecule has 2 aliphatic heterocycles. The second-order valence-electron chi connectivity index (χ2n) is 6.55. The number of H-pyrrole nitrogens is 1. The molecule has 2 unspecified atom stereocenters. The Balaban J connectivity index is 1.81. The molecule has 0 amide bonds. The summed E-state index contributed by atoms with van der Waals surface area (Å²) in [5.74, 6) is 0. The minimum atomic E-state index is -3.82. The number of hydrogen-bond acceptors (Lipinski definition) is 5. The largest absolute Gasteiger partial charge is 0.282 e. The third kappa shape index (κ3) is 2.85. The number of benzene rings is 1. The molecule has 3 heterocycles. The first kappa shape index (κ1) is 17.9. The van der Waals surface area contributed by atoms with Crippen LogP contribution in [0.25, 0.3) is 0 Å². The Morgan fingerprint density at radius 3 is 2.50 bits per heavy atom. The summed E-state index contributed by atoms with van der Waals surface area (Å²) in [7, 11) is -7.24.